The molecule has 1 aromatic heterocycles. The quantitative estimate of drug-likeness (QED) is 0.561. The van der Waals surface area contributed by atoms with Crippen LogP contribution in [0.25, 0.3) is 10.9 Å². The molecule has 146 valence electrons. The maximum atomic E-state index is 12.6. The first-order valence-corrected chi connectivity index (χ1v) is 9.50. The number of hydrogen-bond acceptors (Lipinski definition) is 6. The molecule has 0 aliphatic rings. The summed E-state index contributed by atoms with van der Waals surface area (Å²) in [6.07, 6.45) is 0.504. The minimum absolute atomic E-state index is 0.0122. The number of carbonyl (C=O) groups excluding carboxylic acids is 1. The Hall–Kier alpha value is -2.71. The van der Waals surface area contributed by atoms with E-state index in [0.717, 1.165) is 4.47 Å². The van der Waals surface area contributed by atoms with Gasteiger partial charge in [-0.15, -0.1) is 0 Å². The first kappa shape index (κ1) is 20.0. The highest BCUT2D eigenvalue weighted by atomic mass is 79.9. The van der Waals surface area contributed by atoms with E-state index in [1.807, 2.05) is 6.07 Å². The number of ether oxygens (including phenoxy) is 2. The Morgan fingerprint density at radius 2 is 2.00 bits per heavy atom. The van der Waals surface area contributed by atoms with E-state index in [1.165, 1.54) is 10.9 Å². The summed E-state index contributed by atoms with van der Waals surface area (Å²) in [6, 6.07) is 11.7. The molecule has 0 spiro atoms. The van der Waals surface area contributed by atoms with Gasteiger partial charge < -0.3 is 14.6 Å². The fourth-order valence-electron chi connectivity index (χ4n) is 2.64. The summed E-state index contributed by atoms with van der Waals surface area (Å²) >= 11 is 3.34. The van der Waals surface area contributed by atoms with Crippen LogP contribution in [0.2, 0.25) is 0 Å². The summed E-state index contributed by atoms with van der Waals surface area (Å²) < 4.78 is 12.6. The molecule has 0 saturated carbocycles. The lowest BCUT2D eigenvalue weighted by atomic mass is 10.2. The van der Waals surface area contributed by atoms with E-state index < -0.39 is 12.1 Å². The lowest BCUT2D eigenvalue weighted by Gasteiger charge is -2.14. The molecule has 0 saturated heterocycles. The molecule has 0 aliphatic heterocycles. The second-order valence-electron chi connectivity index (χ2n) is 6.07. The van der Waals surface area contributed by atoms with Crippen molar-refractivity contribution in [1.82, 2.24) is 9.55 Å². The third-order valence-corrected chi connectivity index (χ3v) is 4.49. The van der Waals surface area contributed by atoms with Crippen LogP contribution in [0.1, 0.15) is 17.3 Å². The fraction of sp³-hybridized carbons (Fsp3) is 0.250. The van der Waals surface area contributed by atoms with Crippen molar-refractivity contribution < 1.29 is 19.4 Å². The van der Waals surface area contributed by atoms with Gasteiger partial charge in [0.2, 0.25) is 0 Å². The molecule has 3 rings (SSSR count). The van der Waals surface area contributed by atoms with Crippen molar-refractivity contribution in [3.8, 4) is 5.75 Å². The second kappa shape index (κ2) is 8.99. The molecule has 1 N–H and O–H groups in total. The maximum absolute atomic E-state index is 12.6. The van der Waals surface area contributed by atoms with E-state index in [-0.39, 0.29) is 18.7 Å². The maximum Gasteiger partial charge on any atom is 0.338 e. The van der Waals surface area contributed by atoms with Crippen LogP contribution in [-0.4, -0.2) is 39.9 Å². The Bertz CT molecular complexity index is 1030. The van der Waals surface area contributed by atoms with Gasteiger partial charge in [-0.1, -0.05) is 15.9 Å². The summed E-state index contributed by atoms with van der Waals surface area (Å²) in [5, 5.41) is 10.7. The van der Waals surface area contributed by atoms with Crippen LogP contribution in [0.15, 0.2) is 58.1 Å². The number of aromatic nitrogens is 2. The Morgan fingerprint density at radius 3 is 2.71 bits per heavy atom. The minimum Gasteiger partial charge on any atom is -0.491 e. The van der Waals surface area contributed by atoms with Gasteiger partial charge in [0, 0.05) is 4.47 Å². The average Bonchev–Trinajstić information content (AvgIpc) is 2.69. The third-order valence-electron chi connectivity index (χ3n) is 4.00. The van der Waals surface area contributed by atoms with Crippen LogP contribution < -0.4 is 10.3 Å². The first-order valence-electron chi connectivity index (χ1n) is 8.70. The first-order chi connectivity index (χ1) is 13.5. The number of rotatable bonds is 7. The van der Waals surface area contributed by atoms with E-state index in [2.05, 4.69) is 20.9 Å². The number of fused-ring (bicyclic) bond motifs is 1. The van der Waals surface area contributed by atoms with E-state index in [0.29, 0.717) is 28.8 Å². The van der Waals surface area contributed by atoms with Crippen molar-refractivity contribution >= 4 is 32.8 Å². The van der Waals surface area contributed by atoms with Crippen molar-refractivity contribution in [2.45, 2.75) is 19.6 Å². The topological polar surface area (TPSA) is 90.7 Å². The van der Waals surface area contributed by atoms with Crippen LogP contribution in [-0.2, 0) is 11.3 Å². The standard InChI is InChI=1S/C20H19BrN2O5/c1-2-27-20(26)13-3-6-16(7-4-13)28-11-15(24)10-23-12-22-18-8-5-14(21)9-17(18)19(23)25/h3-9,12,15,24H,2,10-11H2,1H3. The van der Waals surface area contributed by atoms with E-state index in [1.54, 1.807) is 43.3 Å². The molecule has 28 heavy (non-hydrogen) atoms. The summed E-state index contributed by atoms with van der Waals surface area (Å²) in [7, 11) is 0. The van der Waals surface area contributed by atoms with Gasteiger partial charge in [0.25, 0.3) is 5.56 Å². The van der Waals surface area contributed by atoms with Gasteiger partial charge in [0.05, 0.1) is 35.9 Å². The highest BCUT2D eigenvalue weighted by molar-refractivity contribution is 9.10. The average molecular weight is 447 g/mol. The second-order valence-corrected chi connectivity index (χ2v) is 6.99. The van der Waals surface area contributed by atoms with E-state index in [4.69, 9.17) is 9.47 Å². The lowest BCUT2D eigenvalue weighted by Crippen LogP contribution is -2.30. The predicted octanol–water partition coefficient (Wildman–Crippen LogP) is 2.78. The van der Waals surface area contributed by atoms with Crippen molar-refractivity contribution in [2.75, 3.05) is 13.2 Å². The van der Waals surface area contributed by atoms with Gasteiger partial charge in [-0.2, -0.15) is 0 Å². The Balaban J connectivity index is 1.62. The highest BCUT2D eigenvalue weighted by Crippen LogP contribution is 2.15. The minimum atomic E-state index is -0.908. The van der Waals surface area contributed by atoms with Gasteiger partial charge in [0.1, 0.15) is 18.5 Å². The molecule has 0 amide bonds. The Labute approximate surface area is 169 Å². The van der Waals surface area contributed by atoms with Crippen LogP contribution in [0, 0.1) is 0 Å². The molecular formula is C20H19BrN2O5. The van der Waals surface area contributed by atoms with E-state index in [9.17, 15) is 14.7 Å². The number of aliphatic hydroxyl groups is 1. The number of esters is 1. The molecular weight excluding hydrogens is 428 g/mol. The Kier molecular flexibility index (Phi) is 6.43. The summed E-state index contributed by atoms with van der Waals surface area (Å²) in [5.74, 6) is 0.101. The SMILES string of the molecule is CCOC(=O)c1ccc(OCC(O)Cn2cnc3ccc(Br)cc3c2=O)cc1. The Morgan fingerprint density at radius 1 is 1.25 bits per heavy atom. The van der Waals surface area contributed by atoms with Crippen molar-refractivity contribution in [2.24, 2.45) is 0 Å². The normalized spacial score (nSPS) is 12.0. The molecule has 1 heterocycles. The number of benzene rings is 2. The van der Waals surface area contributed by atoms with Gasteiger partial charge in [-0.25, -0.2) is 9.78 Å². The molecule has 3 aromatic rings. The van der Waals surface area contributed by atoms with Crippen LogP contribution in [0.5, 0.6) is 5.75 Å². The molecule has 1 atom stereocenters. The largest absolute Gasteiger partial charge is 0.491 e. The fourth-order valence-corrected chi connectivity index (χ4v) is 3.00. The van der Waals surface area contributed by atoms with Gasteiger partial charge in [-0.3, -0.25) is 9.36 Å². The summed E-state index contributed by atoms with van der Waals surface area (Å²) in [4.78, 5) is 28.4. The zero-order valence-corrected chi connectivity index (χ0v) is 16.8. The molecule has 7 nitrogen and oxygen atoms in total. The zero-order valence-electron chi connectivity index (χ0n) is 15.2. The molecule has 2 aromatic carbocycles. The molecule has 0 bridgehead atoms. The summed E-state index contributed by atoms with van der Waals surface area (Å²) in [5.41, 5.74) is 0.788. The van der Waals surface area contributed by atoms with Crippen molar-refractivity contribution in [1.29, 1.82) is 0 Å². The van der Waals surface area contributed by atoms with Crippen molar-refractivity contribution in [3.05, 3.63) is 69.2 Å². The van der Waals surface area contributed by atoms with Crippen LogP contribution in [0.4, 0.5) is 0 Å². The molecule has 0 radical (unpaired) electrons. The number of aliphatic hydroxyl groups excluding tert-OH is 1. The van der Waals surface area contributed by atoms with Crippen LogP contribution >= 0.6 is 15.9 Å². The number of nitrogens with zero attached hydrogens (tertiary/aromatic N) is 2. The van der Waals surface area contributed by atoms with Gasteiger partial charge in [-0.05, 0) is 49.4 Å². The molecule has 1 unspecified atom stereocenters. The molecule has 0 aliphatic carbocycles. The lowest BCUT2D eigenvalue weighted by molar-refractivity contribution is 0.0526. The smallest absolute Gasteiger partial charge is 0.338 e. The summed E-state index contributed by atoms with van der Waals surface area (Å²) in [6.45, 7) is 2.09. The van der Waals surface area contributed by atoms with Crippen molar-refractivity contribution in [3.63, 3.8) is 0 Å². The van der Waals surface area contributed by atoms with Gasteiger partial charge >= 0.3 is 5.97 Å². The molecule has 0 fully saturated rings. The zero-order chi connectivity index (χ0) is 20.1. The van der Waals surface area contributed by atoms with Crippen LogP contribution in [0.3, 0.4) is 0 Å². The molecule has 8 heteroatoms. The number of carbonyl (C=O) groups is 1. The number of hydrogen-bond donors (Lipinski definition) is 1. The predicted molar refractivity (Wildman–Crippen MR) is 108 cm³/mol. The van der Waals surface area contributed by atoms with E-state index >= 15 is 0 Å². The monoisotopic (exact) mass is 446 g/mol. The van der Waals surface area contributed by atoms with Gasteiger partial charge in [0.15, 0.2) is 0 Å². The third kappa shape index (κ3) is 4.76. The number of halogens is 1. The highest BCUT2D eigenvalue weighted by Gasteiger charge is 2.11.